The fraction of sp³-hybridized carbons (Fsp3) is 0.308. The SMILES string of the molecule is Cc1c(NCCO)c(=O)n(-c2ccccc2)n1C. The Labute approximate surface area is 105 Å². The van der Waals surface area contributed by atoms with Crippen molar-refractivity contribution in [2.45, 2.75) is 6.92 Å². The molecule has 0 unspecified atom stereocenters. The molecule has 18 heavy (non-hydrogen) atoms. The summed E-state index contributed by atoms with van der Waals surface area (Å²) >= 11 is 0. The van der Waals surface area contributed by atoms with Gasteiger partial charge in [-0.3, -0.25) is 9.48 Å². The van der Waals surface area contributed by atoms with Crippen LogP contribution in [-0.4, -0.2) is 27.6 Å². The van der Waals surface area contributed by atoms with Gasteiger partial charge in [0.2, 0.25) is 0 Å². The minimum absolute atomic E-state index is 0.000882. The van der Waals surface area contributed by atoms with E-state index in [2.05, 4.69) is 5.32 Å². The first-order valence-corrected chi connectivity index (χ1v) is 5.85. The Hall–Kier alpha value is -2.01. The normalized spacial score (nSPS) is 10.6. The number of aromatic nitrogens is 2. The van der Waals surface area contributed by atoms with Gasteiger partial charge in [0, 0.05) is 13.6 Å². The van der Waals surface area contributed by atoms with Crippen molar-refractivity contribution in [1.29, 1.82) is 0 Å². The summed E-state index contributed by atoms with van der Waals surface area (Å²) in [5, 5.41) is 11.8. The maximum Gasteiger partial charge on any atom is 0.295 e. The Balaban J connectivity index is 2.53. The monoisotopic (exact) mass is 247 g/mol. The van der Waals surface area contributed by atoms with Crippen LogP contribution in [0.1, 0.15) is 5.69 Å². The standard InChI is InChI=1S/C13H17N3O2/c1-10-12(14-8-9-17)13(18)16(15(10)2)11-6-4-3-5-7-11/h3-7,14,17H,8-9H2,1-2H3. The quantitative estimate of drug-likeness (QED) is 0.843. The third kappa shape index (κ3) is 2.04. The number of para-hydroxylation sites is 1. The van der Waals surface area contributed by atoms with Crippen molar-refractivity contribution < 1.29 is 5.11 Å². The van der Waals surface area contributed by atoms with Crippen LogP contribution < -0.4 is 10.9 Å². The van der Waals surface area contributed by atoms with Gasteiger partial charge in [0.1, 0.15) is 5.69 Å². The van der Waals surface area contributed by atoms with Crippen LogP contribution in [0.4, 0.5) is 5.69 Å². The van der Waals surface area contributed by atoms with Crippen LogP contribution in [-0.2, 0) is 7.05 Å². The van der Waals surface area contributed by atoms with Gasteiger partial charge in [-0.1, -0.05) is 18.2 Å². The van der Waals surface area contributed by atoms with E-state index in [1.165, 1.54) is 0 Å². The highest BCUT2D eigenvalue weighted by molar-refractivity contribution is 5.49. The van der Waals surface area contributed by atoms with E-state index in [0.717, 1.165) is 11.4 Å². The van der Waals surface area contributed by atoms with Gasteiger partial charge >= 0.3 is 0 Å². The summed E-state index contributed by atoms with van der Waals surface area (Å²) in [6, 6.07) is 9.47. The smallest absolute Gasteiger partial charge is 0.295 e. The second kappa shape index (κ2) is 5.10. The molecule has 2 N–H and O–H groups in total. The number of benzene rings is 1. The zero-order chi connectivity index (χ0) is 13.1. The van der Waals surface area contributed by atoms with E-state index in [4.69, 9.17) is 5.11 Å². The Morgan fingerprint density at radius 1 is 1.28 bits per heavy atom. The predicted molar refractivity (Wildman–Crippen MR) is 71.3 cm³/mol. The van der Waals surface area contributed by atoms with E-state index in [1.54, 1.807) is 9.36 Å². The van der Waals surface area contributed by atoms with Crippen LogP contribution in [0.15, 0.2) is 35.1 Å². The van der Waals surface area contributed by atoms with E-state index < -0.39 is 0 Å². The van der Waals surface area contributed by atoms with Gasteiger partial charge in [0.15, 0.2) is 0 Å². The summed E-state index contributed by atoms with van der Waals surface area (Å²) in [7, 11) is 1.84. The minimum Gasteiger partial charge on any atom is -0.395 e. The lowest BCUT2D eigenvalue weighted by atomic mass is 10.3. The highest BCUT2D eigenvalue weighted by Crippen LogP contribution is 2.13. The van der Waals surface area contributed by atoms with Crippen molar-refractivity contribution in [3.63, 3.8) is 0 Å². The number of anilines is 1. The lowest BCUT2D eigenvalue weighted by Gasteiger charge is -2.07. The Morgan fingerprint density at radius 3 is 2.56 bits per heavy atom. The van der Waals surface area contributed by atoms with Crippen molar-refractivity contribution in [3.05, 3.63) is 46.4 Å². The number of aliphatic hydroxyl groups is 1. The average Bonchev–Trinajstić information content (AvgIpc) is 2.60. The highest BCUT2D eigenvalue weighted by Gasteiger charge is 2.14. The lowest BCUT2D eigenvalue weighted by Crippen LogP contribution is -2.21. The zero-order valence-electron chi connectivity index (χ0n) is 10.6. The first-order chi connectivity index (χ1) is 8.66. The van der Waals surface area contributed by atoms with Crippen molar-refractivity contribution in [2.24, 2.45) is 7.05 Å². The fourth-order valence-corrected chi connectivity index (χ4v) is 1.95. The largest absolute Gasteiger partial charge is 0.395 e. The van der Waals surface area contributed by atoms with E-state index >= 15 is 0 Å². The molecule has 5 heteroatoms. The lowest BCUT2D eigenvalue weighted by molar-refractivity contribution is 0.311. The molecule has 0 saturated carbocycles. The first kappa shape index (κ1) is 12.4. The molecule has 2 aromatic rings. The molecule has 1 aromatic carbocycles. The molecule has 1 heterocycles. The van der Waals surface area contributed by atoms with Crippen LogP contribution in [0.2, 0.25) is 0 Å². The molecule has 5 nitrogen and oxygen atoms in total. The number of hydrogen-bond acceptors (Lipinski definition) is 3. The second-order valence-corrected chi connectivity index (χ2v) is 4.09. The molecule has 0 aliphatic carbocycles. The van der Waals surface area contributed by atoms with Gasteiger partial charge in [-0.15, -0.1) is 0 Å². The van der Waals surface area contributed by atoms with Crippen LogP contribution in [0, 0.1) is 6.92 Å². The Morgan fingerprint density at radius 2 is 1.94 bits per heavy atom. The Bertz CT molecular complexity index is 584. The molecule has 96 valence electrons. The molecule has 0 radical (unpaired) electrons. The summed E-state index contributed by atoms with van der Waals surface area (Å²) in [5.74, 6) is 0. The summed E-state index contributed by atoms with van der Waals surface area (Å²) in [6.45, 7) is 2.24. The van der Waals surface area contributed by atoms with Crippen LogP contribution in [0.5, 0.6) is 0 Å². The average molecular weight is 247 g/mol. The number of nitrogens with one attached hydrogen (secondary N) is 1. The molecule has 0 aliphatic rings. The van der Waals surface area contributed by atoms with Crippen molar-refractivity contribution in [3.8, 4) is 5.69 Å². The van der Waals surface area contributed by atoms with Gasteiger partial charge in [-0.05, 0) is 19.1 Å². The van der Waals surface area contributed by atoms with Gasteiger partial charge in [0.25, 0.3) is 5.56 Å². The Kier molecular flexibility index (Phi) is 3.53. The van der Waals surface area contributed by atoms with Crippen molar-refractivity contribution in [1.82, 2.24) is 9.36 Å². The fourth-order valence-electron chi connectivity index (χ4n) is 1.95. The molecular weight excluding hydrogens is 230 g/mol. The van der Waals surface area contributed by atoms with Crippen LogP contribution in [0.25, 0.3) is 5.69 Å². The molecule has 0 spiro atoms. The maximum atomic E-state index is 12.3. The molecule has 2 rings (SSSR count). The molecule has 0 bridgehead atoms. The number of nitrogens with zero attached hydrogens (tertiary/aromatic N) is 2. The number of hydrogen-bond donors (Lipinski definition) is 2. The van der Waals surface area contributed by atoms with Crippen molar-refractivity contribution >= 4 is 5.69 Å². The summed E-state index contributed by atoms with van der Waals surface area (Å²) in [5.41, 5.74) is 2.10. The molecular formula is C13H17N3O2. The minimum atomic E-state index is -0.102. The van der Waals surface area contributed by atoms with Crippen LogP contribution in [0.3, 0.4) is 0 Å². The second-order valence-electron chi connectivity index (χ2n) is 4.09. The highest BCUT2D eigenvalue weighted by atomic mass is 16.3. The van der Waals surface area contributed by atoms with E-state index in [-0.39, 0.29) is 12.2 Å². The molecule has 0 amide bonds. The molecule has 0 fully saturated rings. The van der Waals surface area contributed by atoms with Crippen molar-refractivity contribution in [2.75, 3.05) is 18.5 Å². The number of rotatable bonds is 4. The van der Waals surface area contributed by atoms with Gasteiger partial charge in [-0.25, -0.2) is 4.68 Å². The van der Waals surface area contributed by atoms with Gasteiger partial charge in [0.05, 0.1) is 18.0 Å². The number of aliphatic hydroxyl groups excluding tert-OH is 1. The van der Waals surface area contributed by atoms with E-state index in [1.807, 2.05) is 44.3 Å². The van der Waals surface area contributed by atoms with Crippen LogP contribution >= 0.6 is 0 Å². The summed E-state index contributed by atoms with van der Waals surface area (Å²) < 4.78 is 3.41. The molecule has 0 aliphatic heterocycles. The third-order valence-corrected chi connectivity index (χ3v) is 2.97. The summed E-state index contributed by atoms with van der Waals surface area (Å²) in [6.07, 6.45) is 0. The van der Waals surface area contributed by atoms with Gasteiger partial charge in [-0.2, -0.15) is 0 Å². The topological polar surface area (TPSA) is 59.2 Å². The predicted octanol–water partition coefficient (Wildman–Crippen LogP) is 0.889. The van der Waals surface area contributed by atoms with E-state index in [9.17, 15) is 4.79 Å². The van der Waals surface area contributed by atoms with Gasteiger partial charge < -0.3 is 10.4 Å². The summed E-state index contributed by atoms with van der Waals surface area (Å²) in [4.78, 5) is 12.3. The molecule has 0 saturated heterocycles. The van der Waals surface area contributed by atoms with E-state index in [0.29, 0.717) is 12.2 Å². The zero-order valence-corrected chi connectivity index (χ0v) is 10.6. The maximum absolute atomic E-state index is 12.3. The molecule has 1 aromatic heterocycles. The molecule has 0 atom stereocenters. The third-order valence-electron chi connectivity index (χ3n) is 2.97. The first-order valence-electron chi connectivity index (χ1n) is 5.85.